The van der Waals surface area contributed by atoms with Gasteiger partial charge in [0.2, 0.25) is 0 Å². The Bertz CT molecular complexity index is 1650. The van der Waals surface area contributed by atoms with E-state index in [0.717, 1.165) is 49.2 Å². The molecule has 0 bridgehead atoms. The minimum Gasteiger partial charge on any atom is -0.489 e. The fourth-order valence-electron chi connectivity index (χ4n) is 6.40. The summed E-state index contributed by atoms with van der Waals surface area (Å²) in [7, 11) is 0. The highest BCUT2D eigenvalue weighted by atomic mass is 16.5. The van der Waals surface area contributed by atoms with Gasteiger partial charge in [-0.1, -0.05) is 61.2 Å². The van der Waals surface area contributed by atoms with Gasteiger partial charge in [0.15, 0.2) is 0 Å². The maximum atomic E-state index is 12.7. The molecule has 2 N–H and O–H groups in total. The van der Waals surface area contributed by atoms with Crippen LogP contribution in [0.2, 0.25) is 0 Å². The van der Waals surface area contributed by atoms with Crippen LogP contribution in [0.4, 0.5) is 17.1 Å². The molecule has 0 aromatic heterocycles. The fourth-order valence-corrected chi connectivity index (χ4v) is 6.40. The molecule has 1 heterocycles. The van der Waals surface area contributed by atoms with Crippen LogP contribution in [0.15, 0.2) is 82.4 Å². The van der Waals surface area contributed by atoms with Crippen molar-refractivity contribution in [3.63, 3.8) is 0 Å². The van der Waals surface area contributed by atoms with Crippen molar-refractivity contribution < 1.29 is 14.3 Å². The van der Waals surface area contributed by atoms with Crippen molar-refractivity contribution in [1.29, 1.82) is 0 Å². The van der Waals surface area contributed by atoms with Crippen molar-refractivity contribution in [1.82, 2.24) is 4.90 Å². The molecule has 45 heavy (non-hydrogen) atoms. The highest BCUT2D eigenvalue weighted by Gasteiger charge is 2.33. The molecule has 1 saturated carbocycles. The molecule has 0 amide bonds. The summed E-state index contributed by atoms with van der Waals surface area (Å²) in [6.07, 6.45) is 8.13. The standard InChI is InChI=1S/C37H41N3O5/c1-25-9-11-26(12-10-25)23-44-30-19-13-27(14-20-30)24-45-37(43)28-15-17-29(18-16-28)38-33-34(36(42)35(33)41)39-31-7-3-4-8-32(31)40-21-5-2-6-22-40/h9-20,31-32,38-39H,2-8,21-24H2,1H3/t31-,32-/m0/s1. The van der Waals surface area contributed by atoms with Gasteiger partial charge < -0.3 is 20.1 Å². The van der Waals surface area contributed by atoms with Gasteiger partial charge in [-0.05, 0) is 93.2 Å². The van der Waals surface area contributed by atoms with Crippen LogP contribution in [-0.4, -0.2) is 36.0 Å². The van der Waals surface area contributed by atoms with Gasteiger partial charge in [0.1, 0.15) is 30.3 Å². The summed E-state index contributed by atoms with van der Waals surface area (Å²) >= 11 is 0. The first-order valence-electron chi connectivity index (χ1n) is 16.1. The van der Waals surface area contributed by atoms with E-state index in [1.165, 1.54) is 31.2 Å². The number of carbonyl (C=O) groups is 1. The van der Waals surface area contributed by atoms with Gasteiger partial charge >= 0.3 is 5.97 Å². The molecule has 2 atom stereocenters. The maximum absolute atomic E-state index is 12.7. The Morgan fingerprint density at radius 3 is 2.13 bits per heavy atom. The van der Waals surface area contributed by atoms with E-state index in [9.17, 15) is 14.4 Å². The highest BCUT2D eigenvalue weighted by molar-refractivity contribution is 5.90. The van der Waals surface area contributed by atoms with Crippen LogP contribution < -0.4 is 26.2 Å². The summed E-state index contributed by atoms with van der Waals surface area (Å²) in [5.41, 5.74) is 3.88. The third-order valence-corrected chi connectivity index (χ3v) is 9.04. The van der Waals surface area contributed by atoms with Crippen LogP contribution in [0.1, 0.15) is 72.0 Å². The van der Waals surface area contributed by atoms with Gasteiger partial charge in [-0.15, -0.1) is 0 Å². The number of nitrogens with zero attached hydrogens (tertiary/aromatic N) is 1. The first kappa shape index (κ1) is 30.6. The van der Waals surface area contributed by atoms with Crippen LogP contribution >= 0.6 is 0 Å². The minimum absolute atomic E-state index is 0.134. The predicted molar refractivity (Wildman–Crippen MR) is 177 cm³/mol. The zero-order chi connectivity index (χ0) is 31.2. The van der Waals surface area contributed by atoms with Crippen molar-refractivity contribution in [2.75, 3.05) is 23.7 Å². The molecule has 1 saturated heterocycles. The Labute approximate surface area is 264 Å². The molecular formula is C37H41N3O5. The molecule has 8 heteroatoms. The SMILES string of the molecule is Cc1ccc(COc2ccc(COC(=O)c3ccc(Nc4c(N[C@H]5CCCC[C@@H]5N5CCCCC5)c(=O)c4=O)cc3)cc2)cc1. The Morgan fingerprint density at radius 2 is 1.40 bits per heavy atom. The molecule has 234 valence electrons. The average molecular weight is 608 g/mol. The normalized spacial score (nSPS) is 18.8. The number of esters is 1. The molecule has 1 aliphatic carbocycles. The van der Waals surface area contributed by atoms with Gasteiger partial charge in [-0.3, -0.25) is 14.5 Å². The van der Waals surface area contributed by atoms with Gasteiger partial charge in [0.05, 0.1) is 5.56 Å². The number of benzene rings is 3. The van der Waals surface area contributed by atoms with E-state index in [1.54, 1.807) is 24.3 Å². The predicted octanol–water partition coefficient (Wildman–Crippen LogP) is 6.48. The van der Waals surface area contributed by atoms with E-state index in [-0.39, 0.29) is 12.6 Å². The van der Waals surface area contributed by atoms with Crippen LogP contribution in [0.5, 0.6) is 5.75 Å². The summed E-state index contributed by atoms with van der Waals surface area (Å²) in [4.78, 5) is 40.4. The molecule has 2 fully saturated rings. The molecule has 4 aromatic carbocycles. The van der Waals surface area contributed by atoms with Gasteiger partial charge in [0.25, 0.3) is 10.9 Å². The Morgan fingerprint density at radius 1 is 0.756 bits per heavy atom. The lowest BCUT2D eigenvalue weighted by atomic mass is 9.87. The maximum Gasteiger partial charge on any atom is 0.338 e. The number of piperidine rings is 1. The molecule has 8 nitrogen and oxygen atoms in total. The third-order valence-electron chi connectivity index (χ3n) is 9.04. The first-order valence-corrected chi connectivity index (χ1v) is 16.1. The second-order valence-electron chi connectivity index (χ2n) is 12.3. The lowest BCUT2D eigenvalue weighted by Gasteiger charge is -2.42. The van der Waals surface area contributed by atoms with Crippen molar-refractivity contribution in [3.05, 3.63) is 115 Å². The topological polar surface area (TPSA) is 97.0 Å². The van der Waals surface area contributed by atoms with Gasteiger partial charge in [-0.25, -0.2) is 4.79 Å². The summed E-state index contributed by atoms with van der Waals surface area (Å²) in [6.45, 7) is 4.88. The molecule has 0 radical (unpaired) electrons. The number of anilines is 3. The van der Waals surface area contributed by atoms with E-state index in [1.807, 2.05) is 36.4 Å². The van der Waals surface area contributed by atoms with Crippen molar-refractivity contribution >= 4 is 23.0 Å². The fraction of sp³-hybridized carbons (Fsp3) is 0.378. The first-order chi connectivity index (χ1) is 21.9. The monoisotopic (exact) mass is 607 g/mol. The number of hydrogen-bond acceptors (Lipinski definition) is 8. The summed E-state index contributed by atoms with van der Waals surface area (Å²) in [5.74, 6) is 0.299. The zero-order valence-electron chi connectivity index (χ0n) is 25.8. The molecular weight excluding hydrogens is 566 g/mol. The molecule has 6 rings (SSSR count). The number of nitrogens with one attached hydrogen (secondary N) is 2. The highest BCUT2D eigenvalue weighted by Crippen LogP contribution is 2.30. The minimum atomic E-state index is -0.516. The second-order valence-corrected chi connectivity index (χ2v) is 12.3. The van der Waals surface area contributed by atoms with E-state index >= 15 is 0 Å². The lowest BCUT2D eigenvalue weighted by Crippen LogP contribution is -2.52. The van der Waals surface area contributed by atoms with E-state index < -0.39 is 16.8 Å². The van der Waals surface area contributed by atoms with Crippen LogP contribution in [0.3, 0.4) is 0 Å². The Balaban J connectivity index is 1.01. The molecule has 1 aliphatic heterocycles. The third kappa shape index (κ3) is 7.45. The van der Waals surface area contributed by atoms with E-state index in [2.05, 4.69) is 34.6 Å². The lowest BCUT2D eigenvalue weighted by molar-refractivity contribution is 0.0472. The molecule has 0 spiro atoms. The van der Waals surface area contributed by atoms with Crippen LogP contribution in [0, 0.1) is 6.92 Å². The van der Waals surface area contributed by atoms with Crippen LogP contribution in [0.25, 0.3) is 0 Å². The molecule has 0 unspecified atom stereocenters. The number of likely N-dealkylation sites (tertiary alicyclic amines) is 1. The van der Waals surface area contributed by atoms with Crippen LogP contribution in [-0.2, 0) is 18.0 Å². The summed E-state index contributed by atoms with van der Waals surface area (Å²) in [6, 6.07) is 23.0. The Kier molecular flexibility index (Phi) is 9.60. The van der Waals surface area contributed by atoms with Crippen molar-refractivity contribution in [2.24, 2.45) is 0 Å². The van der Waals surface area contributed by atoms with Gasteiger partial charge in [-0.2, -0.15) is 0 Å². The number of aryl methyl sites for hydroxylation is 1. The van der Waals surface area contributed by atoms with E-state index in [4.69, 9.17) is 9.47 Å². The smallest absolute Gasteiger partial charge is 0.338 e. The Hall–Kier alpha value is -4.43. The molecule has 4 aromatic rings. The van der Waals surface area contributed by atoms with Crippen molar-refractivity contribution in [3.8, 4) is 5.75 Å². The van der Waals surface area contributed by atoms with E-state index in [0.29, 0.717) is 35.3 Å². The summed E-state index contributed by atoms with van der Waals surface area (Å²) in [5, 5.41) is 6.57. The number of rotatable bonds is 11. The molecule has 2 aliphatic rings. The second kappa shape index (κ2) is 14.1. The number of carbonyl (C=O) groups excluding carboxylic acids is 1. The number of hydrogen-bond donors (Lipinski definition) is 2. The quantitative estimate of drug-likeness (QED) is 0.148. The van der Waals surface area contributed by atoms with Crippen molar-refractivity contribution in [2.45, 2.75) is 77.2 Å². The summed E-state index contributed by atoms with van der Waals surface area (Å²) < 4.78 is 11.4. The van der Waals surface area contributed by atoms with Gasteiger partial charge in [0, 0.05) is 17.8 Å². The largest absolute Gasteiger partial charge is 0.489 e. The number of ether oxygens (including phenoxy) is 2. The zero-order valence-corrected chi connectivity index (χ0v) is 25.8. The average Bonchev–Trinajstić information content (AvgIpc) is 3.09.